The molecule has 2 saturated carbocycles. The van der Waals surface area contributed by atoms with Crippen LogP contribution in [-0.2, 0) is 19.1 Å². The van der Waals surface area contributed by atoms with Crippen LogP contribution in [0.5, 0.6) is 0 Å². The number of hydrogen-bond donors (Lipinski definition) is 0. The Bertz CT molecular complexity index is 991. The summed E-state index contributed by atoms with van der Waals surface area (Å²) in [6, 6.07) is 6.12. The predicted molar refractivity (Wildman–Crippen MR) is 121 cm³/mol. The van der Waals surface area contributed by atoms with Crippen LogP contribution in [0.25, 0.3) is 0 Å². The molecule has 1 aromatic rings. The predicted octanol–water partition coefficient (Wildman–Crippen LogP) is 3.72. The molecule has 0 unspecified atom stereocenters. The molecule has 2 amide bonds. The maximum absolute atomic E-state index is 13.5. The molecule has 2 bridgehead atoms. The van der Waals surface area contributed by atoms with Crippen molar-refractivity contribution in [3.05, 3.63) is 47.5 Å². The molecule has 6 rings (SSSR count). The summed E-state index contributed by atoms with van der Waals surface area (Å²) in [4.78, 5) is 54.2. The van der Waals surface area contributed by atoms with E-state index in [2.05, 4.69) is 12.2 Å². The van der Waals surface area contributed by atoms with Crippen LogP contribution in [0.2, 0.25) is 0 Å². The maximum Gasteiger partial charge on any atom is 0.330 e. The standard InChI is InChI=1S/C27H31NO5/c1-4-5-6-21(27(32)33-15(3)24(29)16-9-7-14(2)8-10-16)28-25(30)22-17-11-12-18(20-13-19(17)20)23(22)26(28)31/h7-12,15,17-23H,4-6,13H2,1-3H3/t15-,17-,18-,19-,20-,21-,22-,23+/m1/s1. The van der Waals surface area contributed by atoms with E-state index in [0.29, 0.717) is 30.2 Å². The number of allylic oxidation sites excluding steroid dienone is 2. The first kappa shape index (κ1) is 22.1. The lowest BCUT2D eigenvalue weighted by Crippen LogP contribution is -2.47. The molecule has 1 aliphatic heterocycles. The number of ketones is 1. The molecule has 0 radical (unpaired) electrons. The summed E-state index contributed by atoms with van der Waals surface area (Å²) < 4.78 is 5.57. The average Bonchev–Trinajstić information content (AvgIpc) is 3.59. The number of esters is 1. The second kappa shape index (κ2) is 8.23. The minimum atomic E-state index is -0.995. The van der Waals surface area contributed by atoms with Crippen LogP contribution in [0.1, 0.15) is 55.5 Å². The number of amides is 2. The SMILES string of the molecule is CCCC[C@H](C(=O)O[C@H](C)C(=O)c1ccc(C)cc1)N1C(=O)[C@@H]2[C@@H]3C=C[C@H]([C@H]4C[C@H]34)[C@@H]2C1=O. The number of benzene rings is 1. The number of unbranched alkanes of at least 4 members (excludes halogenated alkanes) is 1. The van der Waals surface area contributed by atoms with Crippen molar-refractivity contribution in [2.24, 2.45) is 35.5 Å². The van der Waals surface area contributed by atoms with Crippen molar-refractivity contribution in [3.8, 4) is 0 Å². The lowest BCUT2D eigenvalue weighted by atomic mass is 9.63. The summed E-state index contributed by atoms with van der Waals surface area (Å²) in [5, 5.41) is 0. The van der Waals surface area contributed by atoms with Crippen LogP contribution in [0.3, 0.4) is 0 Å². The van der Waals surface area contributed by atoms with E-state index in [4.69, 9.17) is 4.74 Å². The van der Waals surface area contributed by atoms with Crippen molar-refractivity contribution in [2.45, 2.75) is 58.6 Å². The molecule has 1 heterocycles. The van der Waals surface area contributed by atoms with Gasteiger partial charge in [-0.3, -0.25) is 19.3 Å². The molecule has 6 nitrogen and oxygen atoms in total. The zero-order valence-electron chi connectivity index (χ0n) is 19.4. The fourth-order valence-electron chi connectivity index (χ4n) is 6.30. The van der Waals surface area contributed by atoms with Gasteiger partial charge in [0.15, 0.2) is 6.10 Å². The molecule has 33 heavy (non-hydrogen) atoms. The van der Waals surface area contributed by atoms with Gasteiger partial charge in [-0.2, -0.15) is 0 Å². The first-order valence-corrected chi connectivity index (χ1v) is 12.2. The molecule has 6 heteroatoms. The number of rotatable bonds is 8. The zero-order valence-corrected chi connectivity index (χ0v) is 19.4. The highest BCUT2D eigenvalue weighted by atomic mass is 16.5. The number of nitrogens with zero attached hydrogens (tertiary/aromatic N) is 1. The summed E-state index contributed by atoms with van der Waals surface area (Å²) in [5.74, 6) is -0.894. The molecular formula is C27H31NO5. The number of carbonyl (C=O) groups excluding carboxylic acids is 4. The van der Waals surface area contributed by atoms with E-state index in [1.165, 1.54) is 4.90 Å². The Morgan fingerprint density at radius 2 is 1.61 bits per heavy atom. The largest absolute Gasteiger partial charge is 0.453 e. The van der Waals surface area contributed by atoms with Crippen LogP contribution in [0.15, 0.2) is 36.4 Å². The van der Waals surface area contributed by atoms with Gasteiger partial charge in [-0.1, -0.05) is 61.7 Å². The highest BCUT2D eigenvalue weighted by Gasteiger charge is 2.68. The van der Waals surface area contributed by atoms with Crippen LogP contribution in [0.4, 0.5) is 0 Å². The number of imide groups is 1. The highest BCUT2D eigenvalue weighted by Crippen LogP contribution is 2.65. The third-order valence-corrected chi connectivity index (χ3v) is 8.11. The van der Waals surface area contributed by atoms with Crippen molar-refractivity contribution >= 4 is 23.6 Å². The quantitative estimate of drug-likeness (QED) is 0.262. The van der Waals surface area contributed by atoms with E-state index in [-0.39, 0.29) is 41.3 Å². The molecule has 5 aliphatic rings. The molecule has 0 aromatic heterocycles. The Hall–Kier alpha value is -2.76. The van der Waals surface area contributed by atoms with Crippen LogP contribution >= 0.6 is 0 Å². The monoisotopic (exact) mass is 449 g/mol. The molecule has 1 aromatic carbocycles. The summed E-state index contributed by atoms with van der Waals surface area (Å²) in [5.41, 5.74) is 1.50. The van der Waals surface area contributed by atoms with E-state index < -0.39 is 18.1 Å². The summed E-state index contributed by atoms with van der Waals surface area (Å²) in [7, 11) is 0. The second-order valence-corrected chi connectivity index (χ2v) is 10.2. The molecule has 8 atom stereocenters. The van der Waals surface area contributed by atoms with E-state index in [9.17, 15) is 19.2 Å². The van der Waals surface area contributed by atoms with E-state index in [0.717, 1.165) is 18.4 Å². The van der Waals surface area contributed by atoms with Gasteiger partial charge in [0, 0.05) is 5.56 Å². The average molecular weight is 450 g/mol. The van der Waals surface area contributed by atoms with Gasteiger partial charge in [0.05, 0.1) is 11.8 Å². The lowest BCUT2D eigenvalue weighted by molar-refractivity contribution is -0.161. The number of likely N-dealkylation sites (tertiary alicyclic amines) is 1. The zero-order chi connectivity index (χ0) is 23.4. The first-order valence-electron chi connectivity index (χ1n) is 12.2. The van der Waals surface area contributed by atoms with Crippen LogP contribution in [-0.4, -0.2) is 40.6 Å². The molecular weight excluding hydrogens is 418 g/mol. The Balaban J connectivity index is 1.35. The third-order valence-electron chi connectivity index (χ3n) is 8.11. The maximum atomic E-state index is 13.5. The molecule has 0 spiro atoms. The number of hydrogen-bond acceptors (Lipinski definition) is 5. The minimum Gasteiger partial charge on any atom is -0.453 e. The van der Waals surface area contributed by atoms with Gasteiger partial charge in [-0.25, -0.2) is 4.79 Å². The van der Waals surface area contributed by atoms with Crippen molar-refractivity contribution in [1.82, 2.24) is 4.90 Å². The number of aryl methyl sites for hydroxylation is 1. The van der Waals surface area contributed by atoms with E-state index in [1.54, 1.807) is 19.1 Å². The number of Topliss-reactive ketones (excluding diaryl/α,β-unsaturated/α-hetero) is 1. The summed E-state index contributed by atoms with van der Waals surface area (Å²) in [6.07, 6.45) is 6.20. The van der Waals surface area contributed by atoms with Crippen molar-refractivity contribution < 1.29 is 23.9 Å². The minimum absolute atomic E-state index is 0.108. The molecule has 0 N–H and O–H groups in total. The van der Waals surface area contributed by atoms with Crippen molar-refractivity contribution in [1.29, 1.82) is 0 Å². The van der Waals surface area contributed by atoms with Gasteiger partial charge in [0.25, 0.3) is 0 Å². The normalized spacial score (nSPS) is 32.9. The lowest BCUT2D eigenvalue weighted by Gasteiger charge is -2.37. The Kier molecular flexibility index (Phi) is 5.50. The smallest absolute Gasteiger partial charge is 0.330 e. The third kappa shape index (κ3) is 3.54. The summed E-state index contributed by atoms with van der Waals surface area (Å²) >= 11 is 0. The second-order valence-electron chi connectivity index (χ2n) is 10.2. The van der Waals surface area contributed by atoms with Crippen molar-refractivity contribution in [2.75, 3.05) is 0 Å². The first-order chi connectivity index (χ1) is 15.8. The van der Waals surface area contributed by atoms with Crippen molar-refractivity contribution in [3.63, 3.8) is 0 Å². The molecule has 3 fully saturated rings. The summed E-state index contributed by atoms with van der Waals surface area (Å²) in [6.45, 7) is 5.47. The van der Waals surface area contributed by atoms with Gasteiger partial charge < -0.3 is 4.74 Å². The van der Waals surface area contributed by atoms with Gasteiger partial charge in [-0.15, -0.1) is 0 Å². The van der Waals surface area contributed by atoms with E-state index >= 15 is 0 Å². The fraction of sp³-hybridized carbons (Fsp3) is 0.556. The van der Waals surface area contributed by atoms with Gasteiger partial charge in [0.2, 0.25) is 17.6 Å². The Morgan fingerprint density at radius 3 is 2.15 bits per heavy atom. The highest BCUT2D eigenvalue weighted by molar-refractivity contribution is 6.09. The molecule has 4 aliphatic carbocycles. The van der Waals surface area contributed by atoms with E-state index in [1.807, 2.05) is 26.0 Å². The Labute approximate surface area is 194 Å². The topological polar surface area (TPSA) is 80.8 Å². The van der Waals surface area contributed by atoms with Gasteiger partial charge in [-0.05, 0) is 50.4 Å². The fourth-order valence-corrected chi connectivity index (χ4v) is 6.30. The van der Waals surface area contributed by atoms with Crippen LogP contribution in [0, 0.1) is 42.4 Å². The Morgan fingerprint density at radius 1 is 1.03 bits per heavy atom. The van der Waals surface area contributed by atoms with Crippen LogP contribution < -0.4 is 0 Å². The molecule has 1 saturated heterocycles. The van der Waals surface area contributed by atoms with Gasteiger partial charge >= 0.3 is 5.97 Å². The number of ether oxygens (including phenoxy) is 1. The number of carbonyl (C=O) groups is 4. The molecule has 174 valence electrons. The van der Waals surface area contributed by atoms with Gasteiger partial charge in [0.1, 0.15) is 6.04 Å².